The fourth-order valence-electron chi connectivity index (χ4n) is 3.00. The zero-order chi connectivity index (χ0) is 16.4. The first-order valence-corrected chi connectivity index (χ1v) is 7.70. The molecule has 1 saturated carbocycles. The average molecular weight is 314 g/mol. The lowest BCUT2D eigenvalue weighted by Gasteiger charge is -2.27. The second-order valence-corrected chi connectivity index (χ2v) is 5.81. The minimum absolute atomic E-state index is 0.0960. The number of hydrogen-bond acceptors (Lipinski definition) is 4. The van der Waals surface area contributed by atoms with Crippen LogP contribution in [0.1, 0.15) is 42.1 Å². The van der Waals surface area contributed by atoms with E-state index in [9.17, 15) is 19.5 Å². The Morgan fingerprint density at radius 3 is 2.30 bits per heavy atom. The van der Waals surface area contributed by atoms with Crippen LogP contribution >= 0.6 is 0 Å². The highest BCUT2D eigenvalue weighted by atomic mass is 16.3. The predicted molar refractivity (Wildman–Crippen MR) is 84.6 cm³/mol. The molecule has 1 N–H and O–H groups in total. The minimum Gasteiger partial charge on any atom is -0.393 e. The van der Waals surface area contributed by atoms with E-state index in [1.54, 1.807) is 30.3 Å². The van der Waals surface area contributed by atoms with Gasteiger partial charge in [0.15, 0.2) is 0 Å². The normalized spacial score (nSPS) is 21.1. The third kappa shape index (κ3) is 3.03. The van der Waals surface area contributed by atoms with Gasteiger partial charge in [-0.1, -0.05) is 18.2 Å². The third-order valence-electron chi connectivity index (χ3n) is 4.29. The van der Waals surface area contributed by atoms with Gasteiger partial charge < -0.3 is 5.11 Å². The maximum Gasteiger partial charge on any atom is 0.338 e. The number of rotatable bonds is 2. The first kappa shape index (κ1) is 15.4. The summed E-state index contributed by atoms with van der Waals surface area (Å²) in [6.07, 6.45) is 3.64. The van der Waals surface area contributed by atoms with Crippen LogP contribution in [0.4, 0.5) is 0 Å². The van der Waals surface area contributed by atoms with Crippen molar-refractivity contribution in [1.29, 1.82) is 0 Å². The zero-order valence-corrected chi connectivity index (χ0v) is 12.6. The fourth-order valence-corrected chi connectivity index (χ4v) is 3.00. The number of aliphatic hydroxyl groups excluding tert-OH is 1. The Morgan fingerprint density at radius 2 is 1.65 bits per heavy atom. The molecule has 0 amide bonds. The van der Waals surface area contributed by atoms with E-state index < -0.39 is 17.2 Å². The lowest BCUT2D eigenvalue weighted by molar-refractivity contribution is 0.0936. The van der Waals surface area contributed by atoms with E-state index in [1.807, 2.05) is 0 Å². The summed E-state index contributed by atoms with van der Waals surface area (Å²) in [4.78, 5) is 37.1. The lowest BCUT2D eigenvalue weighted by Crippen LogP contribution is -2.44. The Labute approximate surface area is 132 Å². The van der Waals surface area contributed by atoms with Crippen LogP contribution in [-0.2, 0) is 0 Å². The van der Waals surface area contributed by atoms with Crippen molar-refractivity contribution < 1.29 is 9.90 Å². The van der Waals surface area contributed by atoms with Gasteiger partial charge in [0.1, 0.15) is 0 Å². The molecule has 1 fully saturated rings. The van der Waals surface area contributed by atoms with Gasteiger partial charge in [0, 0.05) is 23.9 Å². The molecule has 3 rings (SSSR count). The summed E-state index contributed by atoms with van der Waals surface area (Å²) >= 11 is 0. The molecule has 0 spiro atoms. The van der Waals surface area contributed by atoms with Gasteiger partial charge in [-0.05, 0) is 37.8 Å². The first-order valence-electron chi connectivity index (χ1n) is 7.70. The van der Waals surface area contributed by atoms with Crippen molar-refractivity contribution in [3.05, 3.63) is 69.0 Å². The predicted octanol–water partition coefficient (Wildman–Crippen LogP) is 1.17. The number of benzene rings is 1. The molecule has 1 heterocycles. The van der Waals surface area contributed by atoms with Crippen LogP contribution in [-0.4, -0.2) is 26.3 Å². The Balaban J connectivity index is 2.02. The van der Waals surface area contributed by atoms with Crippen molar-refractivity contribution in [3.63, 3.8) is 0 Å². The summed E-state index contributed by atoms with van der Waals surface area (Å²) < 4.78 is 2.12. The number of nitrogens with zero attached hydrogens (tertiary/aromatic N) is 2. The first-order chi connectivity index (χ1) is 11.1. The Hall–Kier alpha value is -2.47. The average Bonchev–Trinajstić information content (AvgIpc) is 2.57. The molecule has 0 aliphatic heterocycles. The third-order valence-corrected chi connectivity index (χ3v) is 4.29. The molecule has 120 valence electrons. The van der Waals surface area contributed by atoms with E-state index in [0.717, 1.165) is 0 Å². The topological polar surface area (TPSA) is 81.3 Å². The van der Waals surface area contributed by atoms with E-state index in [4.69, 9.17) is 0 Å². The molecular weight excluding hydrogens is 296 g/mol. The molecule has 2 aromatic rings. The van der Waals surface area contributed by atoms with Gasteiger partial charge in [0.05, 0.1) is 6.10 Å². The van der Waals surface area contributed by atoms with Crippen molar-refractivity contribution in [3.8, 4) is 0 Å². The van der Waals surface area contributed by atoms with Gasteiger partial charge in [-0.25, -0.2) is 4.79 Å². The highest BCUT2D eigenvalue weighted by molar-refractivity contribution is 5.95. The maximum atomic E-state index is 12.6. The van der Waals surface area contributed by atoms with Crippen LogP contribution in [0.2, 0.25) is 0 Å². The fraction of sp³-hybridized carbons (Fsp3) is 0.353. The van der Waals surface area contributed by atoms with Crippen LogP contribution in [0.15, 0.2) is 52.2 Å². The van der Waals surface area contributed by atoms with Gasteiger partial charge >= 0.3 is 5.69 Å². The van der Waals surface area contributed by atoms with Crippen molar-refractivity contribution in [2.24, 2.45) is 0 Å². The molecular formula is C17H18N2O4. The van der Waals surface area contributed by atoms with Crippen molar-refractivity contribution in [2.45, 2.75) is 37.8 Å². The second kappa shape index (κ2) is 6.34. The summed E-state index contributed by atoms with van der Waals surface area (Å²) in [6, 6.07) is 9.42. The zero-order valence-electron chi connectivity index (χ0n) is 12.6. The van der Waals surface area contributed by atoms with Crippen LogP contribution in [0.5, 0.6) is 0 Å². The molecule has 6 nitrogen and oxygen atoms in total. The highest BCUT2D eigenvalue weighted by Crippen LogP contribution is 2.26. The Bertz CT molecular complexity index is 814. The highest BCUT2D eigenvalue weighted by Gasteiger charge is 2.23. The van der Waals surface area contributed by atoms with E-state index in [-0.39, 0.29) is 12.1 Å². The number of carbonyl (C=O) groups is 1. The molecule has 0 radical (unpaired) electrons. The van der Waals surface area contributed by atoms with Crippen molar-refractivity contribution in [2.75, 3.05) is 0 Å². The van der Waals surface area contributed by atoms with Crippen LogP contribution in [0, 0.1) is 0 Å². The van der Waals surface area contributed by atoms with Crippen molar-refractivity contribution >= 4 is 5.91 Å². The van der Waals surface area contributed by atoms with Crippen molar-refractivity contribution in [1.82, 2.24) is 9.13 Å². The van der Waals surface area contributed by atoms with E-state index in [2.05, 4.69) is 0 Å². The summed E-state index contributed by atoms with van der Waals surface area (Å²) in [7, 11) is 0. The SMILES string of the molecule is O=C(c1ccccc1)n1c(=O)ccn(C2CCC(O)CC2)c1=O. The van der Waals surface area contributed by atoms with E-state index >= 15 is 0 Å². The summed E-state index contributed by atoms with van der Waals surface area (Å²) in [5, 5.41) is 9.58. The van der Waals surface area contributed by atoms with E-state index in [0.29, 0.717) is 35.8 Å². The molecule has 0 unspecified atom stereocenters. The molecule has 1 aromatic carbocycles. The lowest BCUT2D eigenvalue weighted by atomic mass is 9.93. The van der Waals surface area contributed by atoms with Gasteiger partial charge in [0.2, 0.25) is 0 Å². The summed E-state index contributed by atoms with van der Waals surface area (Å²) in [5.74, 6) is -0.620. The molecule has 23 heavy (non-hydrogen) atoms. The number of aliphatic hydroxyl groups is 1. The molecule has 0 atom stereocenters. The largest absolute Gasteiger partial charge is 0.393 e. The smallest absolute Gasteiger partial charge is 0.338 e. The molecule has 1 aromatic heterocycles. The standard InChI is InChI=1S/C17H18N2O4/c20-14-8-6-13(7-9-14)18-11-10-15(21)19(17(18)23)16(22)12-4-2-1-3-5-12/h1-5,10-11,13-14,20H,6-9H2. The van der Waals surface area contributed by atoms with Gasteiger partial charge in [-0.3, -0.25) is 14.2 Å². The number of hydrogen-bond donors (Lipinski definition) is 1. The van der Waals surface area contributed by atoms with Crippen LogP contribution in [0.3, 0.4) is 0 Å². The molecule has 1 aliphatic carbocycles. The van der Waals surface area contributed by atoms with Gasteiger partial charge in [-0.2, -0.15) is 4.57 Å². The maximum absolute atomic E-state index is 12.6. The molecule has 0 bridgehead atoms. The monoisotopic (exact) mass is 314 g/mol. The summed E-state index contributed by atoms with van der Waals surface area (Å²) in [6.45, 7) is 0. The molecule has 0 saturated heterocycles. The van der Waals surface area contributed by atoms with E-state index in [1.165, 1.54) is 16.8 Å². The van der Waals surface area contributed by atoms with Crippen LogP contribution < -0.4 is 11.2 Å². The minimum atomic E-state index is -0.629. The van der Waals surface area contributed by atoms with Crippen LogP contribution in [0.25, 0.3) is 0 Å². The number of aromatic nitrogens is 2. The van der Waals surface area contributed by atoms with Gasteiger partial charge in [0.25, 0.3) is 11.5 Å². The Kier molecular flexibility index (Phi) is 4.25. The molecule has 1 aliphatic rings. The second-order valence-electron chi connectivity index (χ2n) is 5.81. The molecule has 6 heteroatoms. The Morgan fingerprint density at radius 1 is 1.00 bits per heavy atom. The quantitative estimate of drug-likeness (QED) is 0.902. The number of carbonyl (C=O) groups excluding carboxylic acids is 1. The van der Waals surface area contributed by atoms with Gasteiger partial charge in [-0.15, -0.1) is 0 Å². The summed E-state index contributed by atoms with van der Waals surface area (Å²) in [5.41, 5.74) is -0.952.